The van der Waals surface area contributed by atoms with Gasteiger partial charge in [0.2, 0.25) is 0 Å². The fourth-order valence-electron chi connectivity index (χ4n) is 4.71. The zero-order chi connectivity index (χ0) is 23.5. The van der Waals surface area contributed by atoms with Crippen LogP contribution in [0.25, 0.3) is 0 Å². The standard InChI is InChI=1S/C25H29N5O2/c1-5-30-10-9-18-19(12-26)24(29)25(14-27,15-28)23(20(18)13-30)17-7-8-21(32-16(3)4)22(11-17)31-6-2/h7-9,11,16,20,23H,5-6,10,13,29H2,1-4H3. The molecule has 0 aromatic heterocycles. The molecule has 32 heavy (non-hydrogen) atoms. The van der Waals surface area contributed by atoms with Crippen LogP contribution < -0.4 is 15.2 Å². The van der Waals surface area contributed by atoms with Crippen molar-refractivity contribution in [2.24, 2.45) is 17.1 Å². The number of allylic oxidation sites excluding steroid dienone is 2. The Morgan fingerprint density at radius 1 is 1.19 bits per heavy atom. The molecule has 0 amide bonds. The topological polar surface area (TPSA) is 119 Å². The highest BCUT2D eigenvalue weighted by molar-refractivity contribution is 5.60. The van der Waals surface area contributed by atoms with Crippen LogP contribution in [0.1, 0.15) is 39.2 Å². The maximum absolute atomic E-state index is 10.2. The predicted molar refractivity (Wildman–Crippen MR) is 120 cm³/mol. The zero-order valence-corrected chi connectivity index (χ0v) is 19.1. The van der Waals surface area contributed by atoms with Gasteiger partial charge in [-0.2, -0.15) is 15.8 Å². The van der Waals surface area contributed by atoms with Crippen molar-refractivity contribution in [1.82, 2.24) is 4.90 Å². The first-order chi connectivity index (χ1) is 15.4. The van der Waals surface area contributed by atoms with Crippen LogP contribution >= 0.6 is 0 Å². The molecule has 7 heteroatoms. The van der Waals surface area contributed by atoms with Crippen LogP contribution in [0.3, 0.4) is 0 Å². The van der Waals surface area contributed by atoms with Gasteiger partial charge in [0.15, 0.2) is 16.9 Å². The van der Waals surface area contributed by atoms with Gasteiger partial charge in [-0.3, -0.25) is 4.90 Å². The molecular formula is C25H29N5O2. The third-order valence-corrected chi connectivity index (χ3v) is 6.18. The Labute approximate surface area is 189 Å². The van der Waals surface area contributed by atoms with Crippen LogP contribution in [0.5, 0.6) is 11.5 Å². The van der Waals surface area contributed by atoms with Crippen LogP contribution in [0.2, 0.25) is 0 Å². The molecule has 0 bridgehead atoms. The molecule has 0 radical (unpaired) electrons. The van der Waals surface area contributed by atoms with E-state index >= 15 is 0 Å². The summed E-state index contributed by atoms with van der Waals surface area (Å²) in [6.07, 6.45) is 1.98. The number of nitrogens with zero attached hydrogens (tertiary/aromatic N) is 4. The van der Waals surface area contributed by atoms with E-state index in [9.17, 15) is 15.8 Å². The smallest absolute Gasteiger partial charge is 0.191 e. The second kappa shape index (κ2) is 9.35. The molecule has 3 rings (SSSR count). The number of nitriles is 3. The monoisotopic (exact) mass is 431 g/mol. The molecule has 0 saturated carbocycles. The zero-order valence-electron chi connectivity index (χ0n) is 19.1. The van der Waals surface area contributed by atoms with Gasteiger partial charge in [0.1, 0.15) is 6.07 Å². The van der Waals surface area contributed by atoms with Gasteiger partial charge < -0.3 is 15.2 Å². The Kier molecular flexibility index (Phi) is 6.78. The number of fused-ring (bicyclic) bond motifs is 1. The fourth-order valence-corrected chi connectivity index (χ4v) is 4.71. The highest BCUT2D eigenvalue weighted by Gasteiger charge is 2.54. The molecule has 1 aromatic rings. The normalized spacial score (nSPS) is 22.2. The van der Waals surface area contributed by atoms with E-state index in [1.54, 1.807) is 0 Å². The molecule has 1 aliphatic carbocycles. The van der Waals surface area contributed by atoms with E-state index in [0.29, 0.717) is 31.2 Å². The maximum Gasteiger partial charge on any atom is 0.191 e. The van der Waals surface area contributed by atoms with E-state index in [-0.39, 0.29) is 23.3 Å². The molecule has 1 aliphatic heterocycles. The largest absolute Gasteiger partial charge is 0.490 e. The summed E-state index contributed by atoms with van der Waals surface area (Å²) in [5, 5.41) is 30.3. The first kappa shape index (κ1) is 23.2. The number of benzene rings is 1. The molecule has 1 heterocycles. The summed E-state index contributed by atoms with van der Waals surface area (Å²) in [4.78, 5) is 2.23. The highest BCUT2D eigenvalue weighted by Crippen LogP contribution is 2.54. The Morgan fingerprint density at radius 3 is 2.47 bits per heavy atom. The summed E-state index contributed by atoms with van der Waals surface area (Å²) in [5.41, 5.74) is 6.60. The van der Waals surface area contributed by atoms with Crippen molar-refractivity contribution in [3.05, 3.63) is 46.7 Å². The molecule has 2 aliphatic rings. The molecule has 7 nitrogen and oxygen atoms in total. The van der Waals surface area contributed by atoms with Gasteiger partial charge in [-0.05, 0) is 50.6 Å². The number of rotatable bonds is 6. The fraction of sp³-hybridized carbons (Fsp3) is 0.480. The predicted octanol–water partition coefficient (Wildman–Crippen LogP) is 3.62. The van der Waals surface area contributed by atoms with E-state index in [4.69, 9.17) is 15.2 Å². The first-order valence-corrected chi connectivity index (χ1v) is 11.0. The third kappa shape index (κ3) is 3.79. The van der Waals surface area contributed by atoms with E-state index in [1.165, 1.54) is 0 Å². The number of ether oxygens (including phenoxy) is 2. The Balaban J connectivity index is 2.26. The SMILES string of the molecule is CCOc1cc(C2C3CN(CC)CC=C3C(C#N)=C(N)C2(C#N)C#N)ccc1OC(C)C. The van der Waals surface area contributed by atoms with Gasteiger partial charge in [0.05, 0.1) is 36.1 Å². The molecule has 166 valence electrons. The average Bonchev–Trinajstić information content (AvgIpc) is 2.79. The summed E-state index contributed by atoms with van der Waals surface area (Å²) in [6, 6.07) is 12.1. The summed E-state index contributed by atoms with van der Waals surface area (Å²) in [6.45, 7) is 10.4. The van der Waals surface area contributed by atoms with Crippen LogP contribution in [0.4, 0.5) is 0 Å². The summed E-state index contributed by atoms with van der Waals surface area (Å²) in [7, 11) is 0. The molecule has 2 atom stereocenters. The van der Waals surface area contributed by atoms with Gasteiger partial charge >= 0.3 is 0 Å². The van der Waals surface area contributed by atoms with E-state index in [2.05, 4.69) is 30.0 Å². The van der Waals surface area contributed by atoms with Crippen molar-refractivity contribution in [1.29, 1.82) is 15.8 Å². The molecule has 0 saturated heterocycles. The summed E-state index contributed by atoms with van der Waals surface area (Å²) in [5.74, 6) is 0.390. The lowest BCUT2D eigenvalue weighted by Gasteiger charge is -2.45. The molecule has 0 fully saturated rings. The van der Waals surface area contributed by atoms with E-state index in [1.807, 2.05) is 45.0 Å². The van der Waals surface area contributed by atoms with Crippen LogP contribution in [0, 0.1) is 45.3 Å². The van der Waals surface area contributed by atoms with Crippen molar-refractivity contribution in [3.63, 3.8) is 0 Å². The van der Waals surface area contributed by atoms with Crippen LogP contribution in [-0.4, -0.2) is 37.2 Å². The third-order valence-electron chi connectivity index (χ3n) is 6.18. The highest BCUT2D eigenvalue weighted by atomic mass is 16.5. The van der Waals surface area contributed by atoms with Crippen LogP contribution in [0.15, 0.2) is 41.1 Å². The molecular weight excluding hydrogens is 402 g/mol. The Bertz CT molecular complexity index is 1050. The summed E-state index contributed by atoms with van der Waals surface area (Å²) < 4.78 is 11.7. The number of hydrogen-bond acceptors (Lipinski definition) is 7. The molecule has 0 spiro atoms. The quantitative estimate of drug-likeness (QED) is 0.730. The first-order valence-electron chi connectivity index (χ1n) is 11.0. The molecule has 1 aromatic carbocycles. The van der Waals surface area contributed by atoms with Gasteiger partial charge in [0.25, 0.3) is 0 Å². The van der Waals surface area contributed by atoms with Gasteiger partial charge in [-0.25, -0.2) is 0 Å². The number of hydrogen-bond donors (Lipinski definition) is 1. The Hall–Kier alpha value is -3.47. The lowest BCUT2D eigenvalue weighted by molar-refractivity contribution is 0.212. The van der Waals surface area contributed by atoms with Gasteiger partial charge in [0, 0.05) is 24.9 Å². The van der Waals surface area contributed by atoms with Crippen molar-refractivity contribution in [2.45, 2.75) is 39.7 Å². The van der Waals surface area contributed by atoms with Crippen molar-refractivity contribution < 1.29 is 9.47 Å². The van der Waals surface area contributed by atoms with Gasteiger partial charge in [-0.1, -0.05) is 19.1 Å². The minimum absolute atomic E-state index is 0.0305. The second-order valence-corrected chi connectivity index (χ2v) is 8.33. The van der Waals surface area contributed by atoms with Crippen molar-refractivity contribution in [2.75, 3.05) is 26.2 Å². The van der Waals surface area contributed by atoms with Crippen LogP contribution in [-0.2, 0) is 0 Å². The second-order valence-electron chi connectivity index (χ2n) is 8.33. The lowest BCUT2D eigenvalue weighted by atomic mass is 9.58. The van der Waals surface area contributed by atoms with Crippen molar-refractivity contribution >= 4 is 0 Å². The van der Waals surface area contributed by atoms with E-state index < -0.39 is 11.3 Å². The molecule has 2 N–H and O–H groups in total. The lowest BCUT2D eigenvalue weighted by Crippen LogP contribution is -2.48. The Morgan fingerprint density at radius 2 is 1.91 bits per heavy atom. The molecule has 2 unspecified atom stereocenters. The number of likely N-dealkylation sites (N-methyl/N-ethyl adjacent to an activating group) is 1. The summed E-state index contributed by atoms with van der Waals surface area (Å²) >= 11 is 0. The van der Waals surface area contributed by atoms with E-state index in [0.717, 1.165) is 17.7 Å². The van der Waals surface area contributed by atoms with Gasteiger partial charge in [-0.15, -0.1) is 0 Å². The minimum Gasteiger partial charge on any atom is -0.490 e. The minimum atomic E-state index is -1.66. The maximum atomic E-state index is 10.2. The number of nitrogens with two attached hydrogens (primary N) is 1. The van der Waals surface area contributed by atoms with Crippen molar-refractivity contribution in [3.8, 4) is 29.7 Å². The average molecular weight is 432 g/mol.